The van der Waals surface area contributed by atoms with Gasteiger partial charge in [0, 0.05) is 57.1 Å². The zero-order chi connectivity index (χ0) is 28.3. The molecule has 0 unspecified atom stereocenters. The van der Waals surface area contributed by atoms with Gasteiger partial charge in [0.15, 0.2) is 12.0 Å². The molecule has 0 saturated carbocycles. The summed E-state index contributed by atoms with van der Waals surface area (Å²) >= 11 is 0. The van der Waals surface area contributed by atoms with Gasteiger partial charge in [-0.2, -0.15) is 0 Å². The van der Waals surface area contributed by atoms with Crippen LogP contribution in [0, 0.1) is 12.7 Å². The number of rotatable bonds is 7. The third kappa shape index (κ3) is 5.84. The molecule has 214 valence electrons. The molecule has 0 bridgehead atoms. The fourth-order valence-electron chi connectivity index (χ4n) is 5.68. The van der Waals surface area contributed by atoms with E-state index in [9.17, 15) is 4.79 Å². The molecule has 41 heavy (non-hydrogen) atoms. The molecule has 0 radical (unpaired) electrons. The van der Waals surface area contributed by atoms with Crippen LogP contribution in [0.4, 0.5) is 15.8 Å². The maximum absolute atomic E-state index is 15.1. The molecule has 3 aromatic carbocycles. The molecule has 2 saturated heterocycles. The van der Waals surface area contributed by atoms with Crippen LogP contribution >= 0.6 is 0 Å². The van der Waals surface area contributed by atoms with Gasteiger partial charge in [0.2, 0.25) is 0 Å². The zero-order valence-electron chi connectivity index (χ0n) is 23.7. The summed E-state index contributed by atoms with van der Waals surface area (Å²) in [4.78, 5) is 23.9. The maximum atomic E-state index is 15.1. The third-order valence-electron chi connectivity index (χ3n) is 8.22. The molecule has 6 rings (SSSR count). The first-order valence-electron chi connectivity index (χ1n) is 14.3. The number of anilines is 2. The first-order valence-corrected chi connectivity index (χ1v) is 14.3. The van der Waals surface area contributed by atoms with Crippen LogP contribution < -0.4 is 5.32 Å². The molecular weight excluding hydrogens is 521 g/mol. The van der Waals surface area contributed by atoms with Crippen molar-refractivity contribution in [3.63, 3.8) is 0 Å². The molecule has 0 aliphatic carbocycles. The third-order valence-corrected chi connectivity index (χ3v) is 8.22. The van der Waals surface area contributed by atoms with Crippen molar-refractivity contribution >= 4 is 28.4 Å². The van der Waals surface area contributed by atoms with Crippen molar-refractivity contribution in [2.75, 3.05) is 64.3 Å². The van der Waals surface area contributed by atoms with E-state index in [0.717, 1.165) is 50.6 Å². The summed E-state index contributed by atoms with van der Waals surface area (Å²) in [7, 11) is 0. The molecule has 2 aliphatic heterocycles. The number of aryl methyl sites for hydroxylation is 1. The van der Waals surface area contributed by atoms with Gasteiger partial charge in [0.05, 0.1) is 24.5 Å². The highest BCUT2D eigenvalue weighted by atomic mass is 19.1. The van der Waals surface area contributed by atoms with E-state index in [2.05, 4.69) is 52.1 Å². The lowest BCUT2D eigenvalue weighted by Crippen LogP contribution is -2.45. The summed E-state index contributed by atoms with van der Waals surface area (Å²) < 4.78 is 26.2. The molecule has 1 amide bonds. The number of hydrogen-bond acceptors (Lipinski definition) is 7. The Morgan fingerprint density at radius 2 is 1.76 bits per heavy atom. The molecule has 2 fully saturated rings. The Bertz CT molecular complexity index is 1540. The van der Waals surface area contributed by atoms with Crippen molar-refractivity contribution < 1.29 is 18.3 Å². The van der Waals surface area contributed by atoms with E-state index in [1.807, 2.05) is 12.1 Å². The number of nitrogens with zero attached hydrogens (tertiary/aromatic N) is 4. The summed E-state index contributed by atoms with van der Waals surface area (Å²) in [5.74, 6) is -0.876. The van der Waals surface area contributed by atoms with Crippen LogP contribution in [-0.2, 0) is 11.3 Å². The predicted molar refractivity (Wildman–Crippen MR) is 158 cm³/mol. The number of halogens is 1. The minimum Gasteiger partial charge on any atom is -0.443 e. The number of nitrogens with one attached hydrogen (secondary N) is 1. The molecular formula is C32H36FN5O3. The van der Waals surface area contributed by atoms with E-state index < -0.39 is 5.82 Å². The molecule has 9 heteroatoms. The number of hydrogen-bond donors (Lipinski definition) is 1. The number of piperazine rings is 1. The first kappa shape index (κ1) is 27.4. The van der Waals surface area contributed by atoms with Crippen molar-refractivity contribution in [3.05, 3.63) is 77.4 Å². The van der Waals surface area contributed by atoms with Crippen LogP contribution in [0.2, 0.25) is 0 Å². The van der Waals surface area contributed by atoms with Crippen molar-refractivity contribution in [2.45, 2.75) is 20.4 Å². The highest BCUT2D eigenvalue weighted by Gasteiger charge is 2.23. The van der Waals surface area contributed by atoms with Crippen molar-refractivity contribution in [1.29, 1.82) is 0 Å². The molecule has 2 aliphatic rings. The Labute approximate surface area is 239 Å². The van der Waals surface area contributed by atoms with E-state index in [4.69, 9.17) is 9.15 Å². The van der Waals surface area contributed by atoms with E-state index in [-0.39, 0.29) is 11.5 Å². The fourth-order valence-corrected chi connectivity index (χ4v) is 5.68. The fraction of sp³-hybridized carbons (Fsp3) is 0.375. The number of carbonyl (C=O) groups excluding carboxylic acids is 1. The highest BCUT2D eigenvalue weighted by Crippen LogP contribution is 2.35. The van der Waals surface area contributed by atoms with Crippen LogP contribution in [0.5, 0.6) is 0 Å². The smallest absolute Gasteiger partial charge is 0.256 e. The normalized spacial score (nSPS) is 16.8. The molecule has 1 aromatic heterocycles. The quantitative estimate of drug-likeness (QED) is 0.331. The summed E-state index contributed by atoms with van der Waals surface area (Å²) in [6.07, 6.45) is 1.40. The van der Waals surface area contributed by atoms with E-state index in [1.54, 1.807) is 17.0 Å². The number of morpholine rings is 1. The van der Waals surface area contributed by atoms with Gasteiger partial charge in [0.1, 0.15) is 11.3 Å². The largest absolute Gasteiger partial charge is 0.443 e. The monoisotopic (exact) mass is 557 g/mol. The van der Waals surface area contributed by atoms with Gasteiger partial charge in [0.25, 0.3) is 5.91 Å². The summed E-state index contributed by atoms with van der Waals surface area (Å²) in [5, 5.41) is 3.49. The van der Waals surface area contributed by atoms with Gasteiger partial charge < -0.3 is 24.3 Å². The first-order chi connectivity index (χ1) is 20.0. The Morgan fingerprint density at radius 3 is 2.49 bits per heavy atom. The van der Waals surface area contributed by atoms with Crippen molar-refractivity contribution in [2.24, 2.45) is 0 Å². The summed E-state index contributed by atoms with van der Waals surface area (Å²) in [5.41, 5.74) is 6.95. The minimum atomic E-state index is -0.559. The van der Waals surface area contributed by atoms with Crippen LogP contribution in [0.25, 0.3) is 22.2 Å². The van der Waals surface area contributed by atoms with Crippen LogP contribution in [0.15, 0.2) is 59.3 Å². The predicted octanol–water partition coefficient (Wildman–Crippen LogP) is 5.30. The van der Waals surface area contributed by atoms with Gasteiger partial charge in [-0.3, -0.25) is 9.69 Å². The van der Waals surface area contributed by atoms with Gasteiger partial charge in [-0.05, 0) is 66.6 Å². The number of amides is 1. The van der Waals surface area contributed by atoms with E-state index in [1.165, 1.54) is 23.6 Å². The summed E-state index contributed by atoms with van der Waals surface area (Å²) in [6, 6.07) is 15.0. The Morgan fingerprint density at radius 1 is 0.976 bits per heavy atom. The number of ether oxygens (including phenoxy) is 1. The maximum Gasteiger partial charge on any atom is 0.256 e. The lowest BCUT2D eigenvalue weighted by Gasteiger charge is -2.34. The van der Waals surface area contributed by atoms with Crippen molar-refractivity contribution in [3.8, 4) is 11.1 Å². The Hall–Kier alpha value is -3.79. The van der Waals surface area contributed by atoms with Crippen LogP contribution in [0.1, 0.15) is 28.4 Å². The van der Waals surface area contributed by atoms with Gasteiger partial charge in [-0.25, -0.2) is 9.37 Å². The van der Waals surface area contributed by atoms with Crippen LogP contribution in [-0.4, -0.2) is 84.6 Å². The Balaban J connectivity index is 1.19. The molecule has 3 heterocycles. The topological polar surface area (TPSA) is 74.1 Å². The second-order valence-electron chi connectivity index (χ2n) is 10.8. The number of likely N-dealkylation sites (N-methyl/N-ethyl adjacent to an activating group) is 1. The summed E-state index contributed by atoms with van der Waals surface area (Å²) in [6.45, 7) is 12.8. The van der Waals surface area contributed by atoms with Gasteiger partial charge >= 0.3 is 0 Å². The number of carbonyl (C=O) groups is 1. The van der Waals surface area contributed by atoms with Crippen LogP contribution in [0.3, 0.4) is 0 Å². The number of oxazole rings is 1. The average molecular weight is 558 g/mol. The average Bonchev–Trinajstić information content (AvgIpc) is 3.50. The number of fused-ring (bicyclic) bond motifs is 1. The molecule has 0 atom stereocenters. The molecule has 0 spiro atoms. The SMILES string of the molecule is CCN1CCN(Cc2ccc(Nc3ccc(-c4ccc(C(=O)N5CCOCC5)c(F)c4)c4ocnc34)cc2C)CC1. The molecule has 4 aromatic rings. The number of benzene rings is 3. The van der Waals surface area contributed by atoms with Gasteiger partial charge in [-0.1, -0.05) is 19.1 Å². The molecule has 8 nitrogen and oxygen atoms in total. The number of aromatic nitrogens is 1. The zero-order valence-corrected chi connectivity index (χ0v) is 23.7. The lowest BCUT2D eigenvalue weighted by molar-refractivity contribution is 0.0300. The second-order valence-corrected chi connectivity index (χ2v) is 10.8. The van der Waals surface area contributed by atoms with Crippen molar-refractivity contribution in [1.82, 2.24) is 19.7 Å². The minimum absolute atomic E-state index is 0.0600. The second kappa shape index (κ2) is 12.0. The molecule has 1 N–H and O–H groups in total. The van der Waals surface area contributed by atoms with E-state index >= 15 is 4.39 Å². The van der Waals surface area contributed by atoms with Gasteiger partial charge in [-0.15, -0.1) is 0 Å². The Kier molecular flexibility index (Phi) is 8.00. The lowest BCUT2D eigenvalue weighted by atomic mass is 10.0. The van der Waals surface area contributed by atoms with E-state index in [0.29, 0.717) is 48.5 Å². The standard InChI is InChI=1S/C32H36FN5O3/c1-3-36-10-12-37(13-11-36)20-24-4-6-25(18-22(24)2)35-29-9-8-26(31-30(29)34-21-41-31)23-5-7-27(28(33)19-23)32(39)38-14-16-40-17-15-38/h4-9,18-19,21,35H,3,10-17,20H2,1-2H3. The highest BCUT2D eigenvalue weighted by molar-refractivity contribution is 5.99.